The number of rotatable bonds is 4. The fraction of sp³-hybridized carbons (Fsp3) is 0.200. The van der Waals surface area contributed by atoms with Gasteiger partial charge in [0.05, 0.1) is 17.6 Å². The molecule has 0 aliphatic heterocycles. The molecule has 2 aromatic carbocycles. The van der Waals surface area contributed by atoms with E-state index in [1.54, 1.807) is 32.4 Å². The number of halogens is 4. The first-order valence-electron chi connectivity index (χ1n) is 6.13. The number of hydrogen-bond donors (Lipinski definition) is 1. The molecule has 2 nitrogen and oxygen atoms in total. The van der Waals surface area contributed by atoms with Crippen molar-refractivity contribution >= 4 is 27.5 Å². The SMILES string of the molecule is CNC(c1cc(Cl)ccc1OC)c1ccc(F)c(F)c1Br. The van der Waals surface area contributed by atoms with Crippen LogP contribution in [0.2, 0.25) is 5.02 Å². The minimum Gasteiger partial charge on any atom is -0.496 e. The normalized spacial score (nSPS) is 12.3. The number of benzene rings is 2. The maximum atomic E-state index is 13.8. The van der Waals surface area contributed by atoms with Gasteiger partial charge in [-0.3, -0.25) is 0 Å². The van der Waals surface area contributed by atoms with E-state index in [0.29, 0.717) is 16.3 Å². The molecular weight excluding hydrogens is 364 g/mol. The van der Waals surface area contributed by atoms with Crippen LogP contribution in [0, 0.1) is 11.6 Å². The van der Waals surface area contributed by atoms with Crippen LogP contribution in [0.3, 0.4) is 0 Å². The van der Waals surface area contributed by atoms with Crippen molar-refractivity contribution in [2.24, 2.45) is 0 Å². The van der Waals surface area contributed by atoms with Crippen LogP contribution in [-0.4, -0.2) is 14.2 Å². The summed E-state index contributed by atoms with van der Waals surface area (Å²) >= 11 is 9.14. The summed E-state index contributed by atoms with van der Waals surface area (Å²) in [6.45, 7) is 0. The Labute approximate surface area is 135 Å². The number of methoxy groups -OCH3 is 1. The van der Waals surface area contributed by atoms with E-state index in [2.05, 4.69) is 21.2 Å². The molecule has 0 aliphatic rings. The first kappa shape index (κ1) is 16.2. The van der Waals surface area contributed by atoms with Gasteiger partial charge in [-0.15, -0.1) is 0 Å². The predicted octanol–water partition coefficient (Wildman–Crippen LogP) is 4.70. The third kappa shape index (κ3) is 3.20. The van der Waals surface area contributed by atoms with E-state index < -0.39 is 17.7 Å². The molecule has 6 heteroatoms. The second kappa shape index (κ2) is 6.73. The molecule has 0 saturated carbocycles. The molecule has 2 aromatic rings. The Morgan fingerprint density at radius 1 is 1.19 bits per heavy atom. The second-order valence-electron chi connectivity index (χ2n) is 4.37. The summed E-state index contributed by atoms with van der Waals surface area (Å²) in [4.78, 5) is 0. The van der Waals surface area contributed by atoms with Crippen molar-refractivity contribution in [2.45, 2.75) is 6.04 Å². The van der Waals surface area contributed by atoms with E-state index in [9.17, 15) is 8.78 Å². The second-order valence-corrected chi connectivity index (χ2v) is 5.60. The quantitative estimate of drug-likeness (QED) is 0.781. The van der Waals surface area contributed by atoms with E-state index in [-0.39, 0.29) is 4.47 Å². The predicted molar refractivity (Wildman–Crippen MR) is 83.0 cm³/mol. The van der Waals surface area contributed by atoms with Crippen molar-refractivity contribution < 1.29 is 13.5 Å². The van der Waals surface area contributed by atoms with Gasteiger partial charge < -0.3 is 10.1 Å². The molecule has 0 aliphatic carbocycles. The molecule has 1 atom stereocenters. The molecule has 0 radical (unpaired) electrons. The summed E-state index contributed by atoms with van der Waals surface area (Å²) in [5, 5.41) is 3.60. The molecule has 0 saturated heterocycles. The lowest BCUT2D eigenvalue weighted by Gasteiger charge is -2.21. The van der Waals surface area contributed by atoms with Crippen molar-refractivity contribution in [2.75, 3.05) is 14.2 Å². The number of nitrogens with one attached hydrogen (secondary N) is 1. The van der Waals surface area contributed by atoms with Gasteiger partial charge in [-0.1, -0.05) is 17.7 Å². The number of ether oxygens (including phenoxy) is 1. The fourth-order valence-electron chi connectivity index (χ4n) is 2.17. The Kier molecular flexibility index (Phi) is 5.19. The Morgan fingerprint density at radius 3 is 2.52 bits per heavy atom. The average Bonchev–Trinajstić information content (AvgIpc) is 2.48. The van der Waals surface area contributed by atoms with Crippen molar-refractivity contribution in [3.05, 3.63) is 62.6 Å². The van der Waals surface area contributed by atoms with Crippen LogP contribution < -0.4 is 10.1 Å². The monoisotopic (exact) mass is 375 g/mol. The zero-order valence-corrected chi connectivity index (χ0v) is 13.7. The van der Waals surface area contributed by atoms with Crippen LogP contribution in [0.5, 0.6) is 5.75 Å². The van der Waals surface area contributed by atoms with Gasteiger partial charge in [0, 0.05) is 10.6 Å². The van der Waals surface area contributed by atoms with Crippen LogP contribution in [0.25, 0.3) is 0 Å². The van der Waals surface area contributed by atoms with Gasteiger partial charge in [0.25, 0.3) is 0 Å². The highest BCUT2D eigenvalue weighted by Crippen LogP contribution is 2.36. The minimum atomic E-state index is -0.922. The van der Waals surface area contributed by atoms with Crippen molar-refractivity contribution in [3.63, 3.8) is 0 Å². The topological polar surface area (TPSA) is 21.3 Å². The highest BCUT2D eigenvalue weighted by Gasteiger charge is 2.22. The van der Waals surface area contributed by atoms with Gasteiger partial charge in [-0.05, 0) is 52.8 Å². The van der Waals surface area contributed by atoms with Crippen molar-refractivity contribution in [1.82, 2.24) is 5.32 Å². The molecular formula is C15H13BrClF2NO. The standard InChI is InChI=1S/C15H13BrClF2NO/c1-20-15(9-4-5-11(18)14(19)13(9)16)10-7-8(17)3-6-12(10)21-2/h3-7,15,20H,1-2H3. The average molecular weight is 377 g/mol. The summed E-state index contributed by atoms with van der Waals surface area (Å²) in [7, 11) is 3.26. The van der Waals surface area contributed by atoms with Gasteiger partial charge in [0.1, 0.15) is 5.75 Å². The zero-order valence-electron chi connectivity index (χ0n) is 11.4. The molecule has 0 bridgehead atoms. The molecule has 0 amide bonds. The minimum absolute atomic E-state index is 0.0730. The van der Waals surface area contributed by atoms with Crippen LogP contribution in [0.1, 0.15) is 17.2 Å². The van der Waals surface area contributed by atoms with E-state index in [1.807, 2.05) is 0 Å². The lowest BCUT2D eigenvalue weighted by atomic mass is 9.97. The fourth-order valence-corrected chi connectivity index (χ4v) is 2.90. The molecule has 112 valence electrons. The van der Waals surface area contributed by atoms with Gasteiger partial charge in [0.2, 0.25) is 0 Å². The molecule has 0 spiro atoms. The molecule has 2 rings (SSSR count). The lowest BCUT2D eigenvalue weighted by Crippen LogP contribution is -2.19. The van der Waals surface area contributed by atoms with Gasteiger partial charge >= 0.3 is 0 Å². The van der Waals surface area contributed by atoms with E-state index in [0.717, 1.165) is 11.6 Å². The van der Waals surface area contributed by atoms with Crippen LogP contribution in [0.4, 0.5) is 8.78 Å². The van der Waals surface area contributed by atoms with Gasteiger partial charge in [0.15, 0.2) is 11.6 Å². The zero-order chi connectivity index (χ0) is 15.6. The smallest absolute Gasteiger partial charge is 0.173 e. The number of hydrogen-bond acceptors (Lipinski definition) is 2. The first-order valence-corrected chi connectivity index (χ1v) is 7.30. The molecule has 0 fully saturated rings. The van der Waals surface area contributed by atoms with Crippen LogP contribution in [-0.2, 0) is 0 Å². The van der Waals surface area contributed by atoms with Crippen molar-refractivity contribution in [3.8, 4) is 5.75 Å². The van der Waals surface area contributed by atoms with Crippen LogP contribution in [0.15, 0.2) is 34.8 Å². The van der Waals surface area contributed by atoms with Crippen LogP contribution >= 0.6 is 27.5 Å². The Morgan fingerprint density at radius 2 is 1.90 bits per heavy atom. The van der Waals surface area contributed by atoms with E-state index in [1.165, 1.54) is 6.07 Å². The maximum absolute atomic E-state index is 13.8. The maximum Gasteiger partial charge on any atom is 0.173 e. The molecule has 21 heavy (non-hydrogen) atoms. The summed E-state index contributed by atoms with van der Waals surface area (Å²) in [5.41, 5.74) is 1.29. The Balaban J connectivity index is 2.60. The summed E-state index contributed by atoms with van der Waals surface area (Å²) in [5.74, 6) is -1.22. The first-order chi connectivity index (χ1) is 9.99. The third-order valence-corrected chi connectivity index (χ3v) is 4.21. The molecule has 0 heterocycles. The highest BCUT2D eigenvalue weighted by atomic mass is 79.9. The third-order valence-electron chi connectivity index (χ3n) is 3.17. The Hall–Kier alpha value is -1.17. The van der Waals surface area contributed by atoms with Crippen molar-refractivity contribution in [1.29, 1.82) is 0 Å². The molecule has 0 aromatic heterocycles. The van der Waals surface area contributed by atoms with E-state index in [4.69, 9.17) is 16.3 Å². The summed E-state index contributed by atoms with van der Waals surface area (Å²) in [6.07, 6.45) is 0. The highest BCUT2D eigenvalue weighted by molar-refractivity contribution is 9.10. The largest absolute Gasteiger partial charge is 0.496 e. The molecule has 1 unspecified atom stereocenters. The Bertz CT molecular complexity index is 666. The summed E-state index contributed by atoms with van der Waals surface area (Å²) < 4.78 is 32.4. The van der Waals surface area contributed by atoms with Gasteiger partial charge in [-0.2, -0.15) is 0 Å². The lowest BCUT2D eigenvalue weighted by molar-refractivity contribution is 0.405. The summed E-state index contributed by atoms with van der Waals surface area (Å²) in [6, 6.07) is 7.38. The van der Waals surface area contributed by atoms with E-state index >= 15 is 0 Å². The molecule has 1 N–H and O–H groups in total. The van der Waals surface area contributed by atoms with Gasteiger partial charge in [-0.25, -0.2) is 8.78 Å².